The van der Waals surface area contributed by atoms with E-state index in [4.69, 9.17) is 21.1 Å². The van der Waals surface area contributed by atoms with Gasteiger partial charge in [0.05, 0.1) is 51.6 Å². The molecule has 5 aromatic carbocycles. The van der Waals surface area contributed by atoms with Gasteiger partial charge in [0, 0.05) is 99.9 Å². The maximum atomic E-state index is 12.1. The standard InChI is InChI=1S/C15H14BrNO2S.2C13H10BrNO2S.C13H12BrNO2S.C9H5BrClN/c1-2-19-14(18)15(6-7-15)20-13-5-8-17-12-4-3-10(16)9-11(12)13;2*14-8-1-2-10-9(7-8)11(3-6-15-10)18-13(4-5-13)12(16)17;1-2-17-13(16)8-18-12-5-6-15-11-4-3-9(14)7-10(11)12;10-6-1-2-9-7(5-6)8(11)3-4-12-9/h3-5,8-9H,2,6-7H2,1H3;2*1-3,6-7H,4-5H2,(H,16,17);3-7H,2,8H2,1H3;1-5H. The number of pyridine rings is 5. The van der Waals surface area contributed by atoms with E-state index in [1.807, 2.05) is 129 Å². The largest absolute Gasteiger partial charge is 0.480 e. The third-order valence-electron chi connectivity index (χ3n) is 13.4. The lowest BCUT2D eigenvalue weighted by Crippen LogP contribution is -2.21. The fourth-order valence-electron chi connectivity index (χ4n) is 8.49. The first-order valence-corrected chi connectivity index (χ1v) is 34.5. The molecule has 0 spiro atoms. The van der Waals surface area contributed by atoms with Crippen LogP contribution in [0.4, 0.5) is 0 Å². The predicted octanol–water partition coefficient (Wildman–Crippen LogP) is 18.9. The van der Waals surface area contributed by atoms with Crippen molar-refractivity contribution < 1.29 is 38.9 Å². The fourth-order valence-corrected chi connectivity index (χ4v) is 15.0. The van der Waals surface area contributed by atoms with Crippen LogP contribution < -0.4 is 0 Å². The second kappa shape index (κ2) is 29.6. The van der Waals surface area contributed by atoms with Gasteiger partial charge < -0.3 is 19.7 Å². The number of nitrogens with zero attached hydrogens (tertiary/aromatic N) is 5. The summed E-state index contributed by atoms with van der Waals surface area (Å²) in [7, 11) is 0. The molecule has 13 rings (SSSR count). The van der Waals surface area contributed by atoms with Crippen molar-refractivity contribution in [2.45, 2.75) is 86.2 Å². The average Bonchev–Trinajstić information content (AvgIpc) is 2.06. The maximum absolute atomic E-state index is 12.1. The van der Waals surface area contributed by atoms with Gasteiger partial charge in [-0.15, -0.1) is 47.0 Å². The third-order valence-corrected chi connectivity index (χ3v) is 21.9. The lowest BCUT2D eigenvalue weighted by atomic mass is 10.2. The summed E-state index contributed by atoms with van der Waals surface area (Å²) in [6.45, 7) is 4.50. The number of rotatable bonds is 14. The maximum Gasteiger partial charge on any atom is 0.322 e. The van der Waals surface area contributed by atoms with E-state index in [0.29, 0.717) is 19.0 Å². The van der Waals surface area contributed by atoms with E-state index in [2.05, 4.69) is 105 Å². The molecule has 5 aromatic heterocycles. The summed E-state index contributed by atoms with van der Waals surface area (Å²) in [6, 6.07) is 38.9. The molecule has 0 bridgehead atoms. The molecular weight excluding hydrogens is 1520 g/mol. The molecule has 0 aliphatic heterocycles. The van der Waals surface area contributed by atoms with E-state index >= 15 is 0 Å². The number of aliphatic carboxylic acids is 2. The second-order valence-electron chi connectivity index (χ2n) is 19.6. The van der Waals surface area contributed by atoms with Crippen LogP contribution in [0.5, 0.6) is 0 Å². The molecule has 0 unspecified atom stereocenters. The van der Waals surface area contributed by atoms with Crippen LogP contribution in [0.1, 0.15) is 52.4 Å². The SMILES string of the molecule is CCOC(=O)C1(Sc2ccnc3ccc(Br)cc23)CC1.CCOC(=O)CSc1ccnc2ccc(Br)cc12.Clc1ccnc2ccc(Br)cc12.O=C(O)C1(Sc2ccnc3ccc(Br)cc23)CC1.O=C(O)C1(Sc2ccnc3ccc(Br)cc23)CC1. The van der Waals surface area contributed by atoms with Crippen LogP contribution in [0.15, 0.2) is 194 Å². The van der Waals surface area contributed by atoms with Crippen LogP contribution in [-0.4, -0.2) is 92.2 Å². The number of thioether (sulfide) groups is 4. The van der Waals surface area contributed by atoms with Crippen LogP contribution >= 0.6 is 138 Å². The topological polar surface area (TPSA) is 192 Å². The Balaban J connectivity index is 0.000000129. The third kappa shape index (κ3) is 16.9. The molecule has 442 valence electrons. The number of benzene rings is 5. The summed E-state index contributed by atoms with van der Waals surface area (Å²) in [6.07, 6.45) is 13.4. The summed E-state index contributed by atoms with van der Waals surface area (Å²) in [5, 5.41) is 24.3. The molecule has 3 aliphatic rings. The Bertz CT molecular complexity index is 4070. The van der Waals surface area contributed by atoms with Crippen LogP contribution in [0.3, 0.4) is 0 Å². The number of carbonyl (C=O) groups is 4. The molecule has 0 atom stereocenters. The van der Waals surface area contributed by atoms with E-state index in [-0.39, 0.29) is 16.7 Å². The number of esters is 2. The van der Waals surface area contributed by atoms with E-state index in [9.17, 15) is 29.4 Å². The highest BCUT2D eigenvalue weighted by Gasteiger charge is 2.53. The van der Waals surface area contributed by atoms with Gasteiger partial charge in [0.1, 0.15) is 14.2 Å². The molecule has 23 heteroatoms. The molecule has 0 radical (unpaired) electrons. The molecule has 86 heavy (non-hydrogen) atoms. The summed E-state index contributed by atoms with van der Waals surface area (Å²) in [4.78, 5) is 71.4. The zero-order chi connectivity index (χ0) is 61.2. The predicted molar refractivity (Wildman–Crippen MR) is 365 cm³/mol. The van der Waals surface area contributed by atoms with Gasteiger partial charge in [-0.1, -0.05) is 91.3 Å². The zero-order valence-corrected chi connectivity index (χ0v) is 57.7. The van der Waals surface area contributed by atoms with Crippen LogP contribution in [0.2, 0.25) is 5.02 Å². The number of carbonyl (C=O) groups excluding carboxylic acids is 2. The summed E-state index contributed by atoms with van der Waals surface area (Å²) < 4.78 is 13.5. The number of fused-ring (bicyclic) bond motifs is 5. The van der Waals surface area contributed by atoms with Crippen molar-refractivity contribution in [1.82, 2.24) is 24.9 Å². The van der Waals surface area contributed by atoms with E-state index < -0.39 is 21.4 Å². The van der Waals surface area contributed by atoms with E-state index in [1.54, 1.807) is 48.8 Å². The number of ether oxygens (including phenoxy) is 2. The van der Waals surface area contributed by atoms with Gasteiger partial charge in [-0.3, -0.25) is 44.1 Å². The van der Waals surface area contributed by atoms with Gasteiger partial charge in [0.15, 0.2) is 0 Å². The van der Waals surface area contributed by atoms with Crippen LogP contribution in [0.25, 0.3) is 54.5 Å². The molecule has 10 aromatic rings. The highest BCUT2D eigenvalue weighted by atomic mass is 79.9. The Labute approximate surface area is 559 Å². The zero-order valence-electron chi connectivity index (χ0n) is 45.8. The van der Waals surface area contributed by atoms with Gasteiger partial charge in [-0.05, 0) is 174 Å². The quantitative estimate of drug-likeness (QED) is 0.0771. The van der Waals surface area contributed by atoms with Crippen LogP contribution in [0, 0.1) is 0 Å². The Morgan fingerprint density at radius 1 is 0.442 bits per heavy atom. The normalized spacial score (nSPS) is 14.4. The van der Waals surface area contributed by atoms with E-state index in [0.717, 1.165) is 140 Å². The first-order chi connectivity index (χ1) is 41.3. The van der Waals surface area contributed by atoms with E-state index in [1.165, 1.54) is 35.3 Å². The first kappa shape index (κ1) is 65.6. The lowest BCUT2D eigenvalue weighted by molar-refractivity contribution is -0.143. The Kier molecular flexibility index (Phi) is 22.6. The minimum Gasteiger partial charge on any atom is -0.480 e. The van der Waals surface area contributed by atoms with Crippen molar-refractivity contribution in [2.75, 3.05) is 19.0 Å². The summed E-state index contributed by atoms with van der Waals surface area (Å²) >= 11 is 29.1. The van der Waals surface area contributed by atoms with Crippen molar-refractivity contribution in [3.05, 3.63) is 180 Å². The molecule has 0 saturated heterocycles. The molecular formula is C63H51Br5ClN5O8S4. The molecule has 0 amide bonds. The number of halogens is 6. The van der Waals surface area contributed by atoms with Gasteiger partial charge in [-0.25, -0.2) is 0 Å². The molecule has 3 saturated carbocycles. The van der Waals surface area contributed by atoms with Crippen molar-refractivity contribution >= 4 is 217 Å². The molecule has 3 aliphatic carbocycles. The number of hydrogen-bond donors (Lipinski definition) is 2. The van der Waals surface area contributed by atoms with Crippen molar-refractivity contribution in [3.8, 4) is 0 Å². The highest BCUT2D eigenvalue weighted by Crippen LogP contribution is 2.55. The summed E-state index contributed by atoms with van der Waals surface area (Å²) in [5.41, 5.74) is 4.57. The number of aromatic nitrogens is 5. The lowest BCUT2D eigenvalue weighted by Gasteiger charge is -2.14. The first-order valence-electron chi connectivity index (χ1n) is 26.7. The Morgan fingerprint density at radius 2 is 0.744 bits per heavy atom. The Morgan fingerprint density at radius 3 is 1.08 bits per heavy atom. The smallest absolute Gasteiger partial charge is 0.322 e. The van der Waals surface area contributed by atoms with Gasteiger partial charge in [-0.2, -0.15) is 0 Å². The summed E-state index contributed by atoms with van der Waals surface area (Å²) in [5.74, 6) is -1.40. The second-order valence-corrected chi connectivity index (χ2v) is 29.8. The monoisotopic (exact) mass is 1560 g/mol. The number of carboxylic acids is 2. The van der Waals surface area contributed by atoms with Gasteiger partial charge >= 0.3 is 23.9 Å². The Hall–Kier alpha value is -4.88. The molecule has 13 nitrogen and oxygen atoms in total. The van der Waals surface area contributed by atoms with Gasteiger partial charge in [0.25, 0.3) is 0 Å². The van der Waals surface area contributed by atoms with Crippen molar-refractivity contribution in [3.63, 3.8) is 0 Å². The number of carboxylic acid groups (broad SMARTS) is 2. The molecule has 5 heterocycles. The highest BCUT2D eigenvalue weighted by molar-refractivity contribution is 9.11. The van der Waals surface area contributed by atoms with Crippen LogP contribution in [-0.2, 0) is 28.7 Å². The van der Waals surface area contributed by atoms with Crippen molar-refractivity contribution in [2.24, 2.45) is 0 Å². The molecule has 2 N–H and O–H groups in total. The molecule has 3 fully saturated rings. The average molecular weight is 1570 g/mol. The minimum atomic E-state index is -0.715. The van der Waals surface area contributed by atoms with Crippen molar-refractivity contribution in [1.29, 1.82) is 0 Å². The number of hydrogen-bond acceptors (Lipinski definition) is 15. The fraction of sp³-hybridized carbons (Fsp3) is 0.222. The van der Waals surface area contributed by atoms with Gasteiger partial charge in [0.2, 0.25) is 0 Å². The minimum absolute atomic E-state index is 0.0926.